The number of halogens is 1. The number of carbonyl (C=O) groups is 1. The fourth-order valence-corrected chi connectivity index (χ4v) is 3.25. The SMILES string of the molecule is O=C(CC1CCOc2ccccc21)NCC(O)c1ccccc1Cl. The highest BCUT2D eigenvalue weighted by atomic mass is 35.5. The molecule has 1 heterocycles. The van der Waals surface area contributed by atoms with E-state index in [0.29, 0.717) is 23.6 Å². The van der Waals surface area contributed by atoms with Crippen molar-refractivity contribution in [3.8, 4) is 5.75 Å². The molecule has 0 saturated heterocycles. The first-order valence-corrected chi connectivity index (χ1v) is 8.44. The van der Waals surface area contributed by atoms with Gasteiger partial charge in [-0.3, -0.25) is 4.79 Å². The molecule has 3 rings (SSSR count). The summed E-state index contributed by atoms with van der Waals surface area (Å²) in [5.41, 5.74) is 1.70. The van der Waals surface area contributed by atoms with E-state index >= 15 is 0 Å². The number of nitrogens with one attached hydrogen (secondary N) is 1. The van der Waals surface area contributed by atoms with E-state index in [4.69, 9.17) is 16.3 Å². The standard InChI is InChI=1S/C19H20ClNO3/c20-16-7-3-1-6-15(16)17(22)12-21-19(23)11-13-9-10-24-18-8-4-2-5-14(13)18/h1-8,13,17,22H,9-12H2,(H,21,23). The zero-order chi connectivity index (χ0) is 16.9. The van der Waals surface area contributed by atoms with Crippen LogP contribution >= 0.6 is 11.6 Å². The molecule has 0 aromatic heterocycles. The van der Waals surface area contributed by atoms with Crippen molar-refractivity contribution in [2.24, 2.45) is 0 Å². The van der Waals surface area contributed by atoms with Gasteiger partial charge in [-0.1, -0.05) is 48.0 Å². The molecule has 0 aliphatic carbocycles. The van der Waals surface area contributed by atoms with Gasteiger partial charge in [-0.2, -0.15) is 0 Å². The van der Waals surface area contributed by atoms with Gasteiger partial charge in [0.1, 0.15) is 5.75 Å². The second-order valence-corrected chi connectivity index (χ2v) is 6.32. The zero-order valence-corrected chi connectivity index (χ0v) is 14.0. The fourth-order valence-electron chi connectivity index (χ4n) is 2.99. The number of amides is 1. The van der Waals surface area contributed by atoms with E-state index in [0.717, 1.165) is 17.7 Å². The second kappa shape index (κ2) is 7.69. The predicted octanol–water partition coefficient (Wildman–Crippen LogP) is 3.45. The molecule has 2 unspecified atom stereocenters. The van der Waals surface area contributed by atoms with Gasteiger partial charge in [0.15, 0.2) is 0 Å². The van der Waals surface area contributed by atoms with Crippen molar-refractivity contribution in [1.29, 1.82) is 0 Å². The van der Waals surface area contributed by atoms with Crippen LogP contribution in [0.3, 0.4) is 0 Å². The lowest BCUT2D eigenvalue weighted by Crippen LogP contribution is -2.30. The van der Waals surface area contributed by atoms with E-state index in [-0.39, 0.29) is 18.4 Å². The Morgan fingerprint density at radius 2 is 2.00 bits per heavy atom. The fraction of sp³-hybridized carbons (Fsp3) is 0.316. The molecule has 2 aromatic carbocycles. The molecule has 2 N–H and O–H groups in total. The van der Waals surface area contributed by atoms with Gasteiger partial charge in [0.25, 0.3) is 0 Å². The average molecular weight is 346 g/mol. The molecule has 2 aromatic rings. The lowest BCUT2D eigenvalue weighted by atomic mass is 9.90. The summed E-state index contributed by atoms with van der Waals surface area (Å²) in [4.78, 5) is 12.2. The summed E-state index contributed by atoms with van der Waals surface area (Å²) in [5.74, 6) is 0.924. The highest BCUT2D eigenvalue weighted by molar-refractivity contribution is 6.31. The Morgan fingerprint density at radius 1 is 1.25 bits per heavy atom. The van der Waals surface area contributed by atoms with Gasteiger partial charge in [0, 0.05) is 23.6 Å². The number of aliphatic hydroxyl groups excluding tert-OH is 1. The normalized spacial score (nSPS) is 17.5. The minimum Gasteiger partial charge on any atom is -0.493 e. The molecule has 126 valence electrons. The summed E-state index contributed by atoms with van der Waals surface area (Å²) in [5, 5.41) is 13.5. The van der Waals surface area contributed by atoms with Crippen LogP contribution < -0.4 is 10.1 Å². The third-order valence-corrected chi connectivity index (χ3v) is 4.62. The number of hydrogen-bond donors (Lipinski definition) is 2. The van der Waals surface area contributed by atoms with Crippen LogP contribution in [0.25, 0.3) is 0 Å². The van der Waals surface area contributed by atoms with Crippen molar-refractivity contribution >= 4 is 17.5 Å². The Hall–Kier alpha value is -2.04. The average Bonchev–Trinajstić information content (AvgIpc) is 2.60. The molecule has 0 fully saturated rings. The van der Waals surface area contributed by atoms with Crippen molar-refractivity contribution < 1.29 is 14.6 Å². The first-order chi connectivity index (χ1) is 11.6. The Balaban J connectivity index is 1.56. The van der Waals surface area contributed by atoms with E-state index in [1.165, 1.54) is 0 Å². The predicted molar refractivity (Wildman–Crippen MR) is 93.3 cm³/mol. The van der Waals surface area contributed by atoms with Crippen molar-refractivity contribution in [2.45, 2.75) is 24.9 Å². The summed E-state index contributed by atoms with van der Waals surface area (Å²) in [6.45, 7) is 0.768. The molecule has 0 radical (unpaired) electrons. The smallest absolute Gasteiger partial charge is 0.220 e. The number of aliphatic hydroxyl groups is 1. The molecule has 24 heavy (non-hydrogen) atoms. The van der Waals surface area contributed by atoms with Crippen LogP contribution in [0.4, 0.5) is 0 Å². The number of carbonyl (C=O) groups excluding carboxylic acids is 1. The minimum absolute atomic E-state index is 0.0807. The largest absolute Gasteiger partial charge is 0.493 e. The molecule has 0 bridgehead atoms. The first-order valence-electron chi connectivity index (χ1n) is 8.06. The van der Waals surface area contributed by atoms with Gasteiger partial charge in [0.05, 0.1) is 12.7 Å². The van der Waals surface area contributed by atoms with Gasteiger partial charge in [-0.15, -0.1) is 0 Å². The number of rotatable bonds is 5. The number of hydrogen-bond acceptors (Lipinski definition) is 3. The summed E-state index contributed by atoms with van der Waals surface area (Å²) < 4.78 is 5.62. The Bertz CT molecular complexity index is 719. The molecular formula is C19H20ClNO3. The van der Waals surface area contributed by atoms with Gasteiger partial charge in [-0.25, -0.2) is 0 Å². The van der Waals surface area contributed by atoms with Crippen LogP contribution in [-0.4, -0.2) is 24.2 Å². The Labute approximate surface area is 146 Å². The third kappa shape index (κ3) is 3.89. The van der Waals surface area contributed by atoms with E-state index < -0.39 is 6.10 Å². The lowest BCUT2D eigenvalue weighted by Gasteiger charge is -2.25. The van der Waals surface area contributed by atoms with Gasteiger partial charge in [-0.05, 0) is 30.0 Å². The minimum atomic E-state index is -0.815. The van der Waals surface area contributed by atoms with Crippen LogP contribution in [0.5, 0.6) is 5.75 Å². The van der Waals surface area contributed by atoms with E-state index in [1.54, 1.807) is 18.2 Å². The third-order valence-electron chi connectivity index (χ3n) is 4.27. The Morgan fingerprint density at radius 3 is 2.83 bits per heavy atom. The molecule has 0 saturated carbocycles. The molecule has 1 amide bonds. The molecule has 1 aliphatic heterocycles. The number of ether oxygens (including phenoxy) is 1. The number of fused-ring (bicyclic) bond motifs is 1. The summed E-state index contributed by atoms with van der Waals surface area (Å²) in [7, 11) is 0. The molecule has 1 aliphatic rings. The van der Waals surface area contributed by atoms with Crippen molar-refractivity contribution in [3.63, 3.8) is 0 Å². The van der Waals surface area contributed by atoms with E-state index in [1.807, 2.05) is 30.3 Å². The van der Waals surface area contributed by atoms with E-state index in [2.05, 4.69) is 5.32 Å². The summed E-state index contributed by atoms with van der Waals surface area (Å²) in [6, 6.07) is 14.9. The lowest BCUT2D eigenvalue weighted by molar-refractivity contribution is -0.122. The molecule has 2 atom stereocenters. The maximum Gasteiger partial charge on any atom is 0.220 e. The maximum atomic E-state index is 12.2. The van der Waals surface area contributed by atoms with Crippen LogP contribution in [0, 0.1) is 0 Å². The van der Waals surface area contributed by atoms with Crippen LogP contribution in [0.2, 0.25) is 5.02 Å². The number of benzene rings is 2. The molecular weight excluding hydrogens is 326 g/mol. The summed E-state index contributed by atoms with van der Waals surface area (Å²) >= 11 is 6.06. The second-order valence-electron chi connectivity index (χ2n) is 5.92. The van der Waals surface area contributed by atoms with Gasteiger partial charge in [0.2, 0.25) is 5.91 Å². The van der Waals surface area contributed by atoms with Crippen molar-refractivity contribution in [2.75, 3.05) is 13.2 Å². The maximum absolute atomic E-state index is 12.2. The Kier molecular flexibility index (Phi) is 5.38. The summed E-state index contributed by atoms with van der Waals surface area (Å²) in [6.07, 6.45) is 0.386. The molecule has 5 heteroatoms. The van der Waals surface area contributed by atoms with Crippen LogP contribution in [0.15, 0.2) is 48.5 Å². The van der Waals surface area contributed by atoms with E-state index in [9.17, 15) is 9.90 Å². The van der Waals surface area contributed by atoms with Crippen LogP contribution in [-0.2, 0) is 4.79 Å². The van der Waals surface area contributed by atoms with Crippen molar-refractivity contribution in [1.82, 2.24) is 5.32 Å². The molecule has 4 nitrogen and oxygen atoms in total. The van der Waals surface area contributed by atoms with Crippen LogP contribution in [0.1, 0.15) is 36.0 Å². The highest BCUT2D eigenvalue weighted by Crippen LogP contribution is 2.35. The monoisotopic (exact) mass is 345 g/mol. The zero-order valence-electron chi connectivity index (χ0n) is 13.2. The highest BCUT2D eigenvalue weighted by Gasteiger charge is 2.23. The van der Waals surface area contributed by atoms with Crippen molar-refractivity contribution in [3.05, 3.63) is 64.7 Å². The molecule has 0 spiro atoms. The number of para-hydroxylation sites is 1. The first kappa shape index (κ1) is 16.8. The topological polar surface area (TPSA) is 58.6 Å². The quantitative estimate of drug-likeness (QED) is 0.872. The van der Waals surface area contributed by atoms with Gasteiger partial charge < -0.3 is 15.2 Å². The van der Waals surface area contributed by atoms with Gasteiger partial charge >= 0.3 is 0 Å².